The van der Waals surface area contributed by atoms with E-state index in [1.165, 1.54) is 12.1 Å². The van der Waals surface area contributed by atoms with Crippen molar-refractivity contribution in [1.29, 1.82) is 0 Å². The van der Waals surface area contributed by atoms with Crippen molar-refractivity contribution in [2.75, 3.05) is 13.2 Å². The molecular weight excluding hydrogens is 261 g/mol. The minimum Gasteiger partial charge on any atom is -0.488 e. The molecule has 0 atom stereocenters. The summed E-state index contributed by atoms with van der Waals surface area (Å²) in [5, 5.41) is 12.6. The van der Waals surface area contributed by atoms with Gasteiger partial charge in [-0.05, 0) is 43.5 Å². The molecule has 1 aliphatic carbocycles. The van der Waals surface area contributed by atoms with Gasteiger partial charge in [0.1, 0.15) is 18.2 Å². The first kappa shape index (κ1) is 13.1. The van der Waals surface area contributed by atoms with Crippen LogP contribution in [-0.4, -0.2) is 29.8 Å². The first-order chi connectivity index (χ1) is 9.56. The Morgan fingerprint density at radius 3 is 2.95 bits per heavy atom. The number of benzene rings is 1. The third-order valence-corrected chi connectivity index (χ3v) is 3.84. The lowest BCUT2D eigenvalue weighted by Crippen LogP contribution is -2.48. The van der Waals surface area contributed by atoms with E-state index < -0.39 is 5.60 Å². The van der Waals surface area contributed by atoms with Crippen LogP contribution in [0, 0.1) is 5.82 Å². The highest BCUT2D eigenvalue weighted by Gasteiger charge is 2.34. The molecule has 0 saturated heterocycles. The molecule has 1 aromatic carbocycles. The highest BCUT2D eigenvalue weighted by Crippen LogP contribution is 2.31. The van der Waals surface area contributed by atoms with Crippen LogP contribution in [0.5, 0.6) is 5.75 Å². The Hall–Kier alpha value is -1.88. The van der Waals surface area contributed by atoms with Gasteiger partial charge in [0.25, 0.3) is 5.91 Å². The summed E-state index contributed by atoms with van der Waals surface area (Å²) in [7, 11) is 0. The van der Waals surface area contributed by atoms with Gasteiger partial charge in [-0.25, -0.2) is 4.39 Å². The number of nitrogens with one attached hydrogen (secondary N) is 1. The largest absolute Gasteiger partial charge is 0.488 e. The van der Waals surface area contributed by atoms with Crippen LogP contribution in [0.1, 0.15) is 24.8 Å². The van der Waals surface area contributed by atoms with Gasteiger partial charge in [0.15, 0.2) is 0 Å². The van der Waals surface area contributed by atoms with Crippen LogP contribution in [0.4, 0.5) is 4.39 Å². The van der Waals surface area contributed by atoms with Gasteiger partial charge in [-0.2, -0.15) is 0 Å². The SMILES string of the molecule is O=C(NCC1(O)CCC1)C1=Cc2cc(F)ccc2OC1. The van der Waals surface area contributed by atoms with Crippen molar-refractivity contribution in [3.05, 3.63) is 35.2 Å². The maximum absolute atomic E-state index is 13.2. The van der Waals surface area contributed by atoms with E-state index in [1.807, 2.05) is 0 Å². The molecule has 0 unspecified atom stereocenters. The maximum atomic E-state index is 13.2. The second-order valence-electron chi connectivity index (χ2n) is 5.40. The monoisotopic (exact) mass is 277 g/mol. The number of amides is 1. The number of hydrogen-bond donors (Lipinski definition) is 2. The fraction of sp³-hybridized carbons (Fsp3) is 0.400. The Kier molecular flexibility index (Phi) is 3.22. The maximum Gasteiger partial charge on any atom is 0.250 e. The third kappa shape index (κ3) is 2.54. The topological polar surface area (TPSA) is 58.6 Å². The summed E-state index contributed by atoms with van der Waals surface area (Å²) in [4.78, 5) is 12.0. The van der Waals surface area contributed by atoms with Crippen molar-refractivity contribution < 1.29 is 19.0 Å². The molecular formula is C15H16FNO3. The van der Waals surface area contributed by atoms with Crippen molar-refractivity contribution in [1.82, 2.24) is 5.32 Å². The Bertz CT molecular complexity index is 578. The highest BCUT2D eigenvalue weighted by atomic mass is 19.1. The smallest absolute Gasteiger partial charge is 0.250 e. The molecule has 0 radical (unpaired) electrons. The number of carbonyl (C=O) groups excluding carboxylic acids is 1. The molecule has 1 amide bonds. The zero-order chi connectivity index (χ0) is 14.2. The van der Waals surface area contributed by atoms with E-state index in [0.29, 0.717) is 16.9 Å². The molecule has 1 heterocycles. The van der Waals surface area contributed by atoms with E-state index >= 15 is 0 Å². The van der Waals surface area contributed by atoms with E-state index in [1.54, 1.807) is 12.1 Å². The van der Waals surface area contributed by atoms with Crippen molar-refractivity contribution >= 4 is 12.0 Å². The Labute approximate surface area is 116 Å². The van der Waals surface area contributed by atoms with Gasteiger partial charge in [-0.1, -0.05) is 0 Å². The van der Waals surface area contributed by atoms with Crippen molar-refractivity contribution in [2.24, 2.45) is 0 Å². The predicted octanol–water partition coefficient (Wildman–Crippen LogP) is 1.63. The second-order valence-corrected chi connectivity index (χ2v) is 5.40. The average molecular weight is 277 g/mol. The summed E-state index contributed by atoms with van der Waals surface area (Å²) in [5.41, 5.74) is 0.241. The van der Waals surface area contributed by atoms with Crippen LogP contribution in [-0.2, 0) is 4.79 Å². The molecule has 0 aromatic heterocycles. The average Bonchev–Trinajstić information content (AvgIpc) is 2.41. The molecule has 0 bridgehead atoms. The number of rotatable bonds is 3. The molecule has 2 N–H and O–H groups in total. The molecule has 1 aliphatic heterocycles. The zero-order valence-corrected chi connectivity index (χ0v) is 11.0. The molecule has 1 fully saturated rings. The van der Waals surface area contributed by atoms with E-state index in [2.05, 4.69) is 5.32 Å². The number of fused-ring (bicyclic) bond motifs is 1. The van der Waals surface area contributed by atoms with E-state index in [9.17, 15) is 14.3 Å². The summed E-state index contributed by atoms with van der Waals surface area (Å²) in [5.74, 6) is -0.0742. The summed E-state index contributed by atoms with van der Waals surface area (Å²) < 4.78 is 18.6. The highest BCUT2D eigenvalue weighted by molar-refractivity contribution is 5.99. The van der Waals surface area contributed by atoms with Crippen molar-refractivity contribution in [3.63, 3.8) is 0 Å². The number of ether oxygens (including phenoxy) is 1. The quantitative estimate of drug-likeness (QED) is 0.883. The minimum atomic E-state index is -0.754. The molecule has 20 heavy (non-hydrogen) atoms. The van der Waals surface area contributed by atoms with Crippen LogP contribution in [0.15, 0.2) is 23.8 Å². The Balaban J connectivity index is 1.69. The fourth-order valence-electron chi connectivity index (χ4n) is 2.40. The van der Waals surface area contributed by atoms with Gasteiger partial charge in [0.05, 0.1) is 11.2 Å². The Morgan fingerprint density at radius 2 is 2.25 bits per heavy atom. The normalized spacial score (nSPS) is 19.2. The first-order valence-electron chi connectivity index (χ1n) is 6.69. The van der Waals surface area contributed by atoms with Crippen LogP contribution >= 0.6 is 0 Å². The van der Waals surface area contributed by atoms with Crippen molar-refractivity contribution in [3.8, 4) is 5.75 Å². The zero-order valence-electron chi connectivity index (χ0n) is 11.0. The number of hydrogen-bond acceptors (Lipinski definition) is 3. The summed E-state index contributed by atoms with van der Waals surface area (Å²) in [6.45, 7) is 0.405. The Morgan fingerprint density at radius 1 is 1.45 bits per heavy atom. The lowest BCUT2D eigenvalue weighted by atomic mass is 9.80. The van der Waals surface area contributed by atoms with Crippen LogP contribution in [0.25, 0.3) is 6.08 Å². The number of aliphatic hydroxyl groups is 1. The van der Waals surface area contributed by atoms with E-state index in [0.717, 1.165) is 19.3 Å². The van der Waals surface area contributed by atoms with Crippen molar-refractivity contribution in [2.45, 2.75) is 24.9 Å². The molecule has 0 spiro atoms. The molecule has 1 aromatic rings. The lowest BCUT2D eigenvalue weighted by Gasteiger charge is -2.36. The van der Waals surface area contributed by atoms with Gasteiger partial charge in [-0.15, -0.1) is 0 Å². The van der Waals surface area contributed by atoms with E-state index in [-0.39, 0.29) is 24.9 Å². The van der Waals surface area contributed by atoms with Gasteiger partial charge >= 0.3 is 0 Å². The van der Waals surface area contributed by atoms with Crippen LogP contribution in [0.2, 0.25) is 0 Å². The van der Waals surface area contributed by atoms with Gasteiger partial charge in [0, 0.05) is 12.1 Å². The van der Waals surface area contributed by atoms with Gasteiger partial charge in [-0.3, -0.25) is 4.79 Å². The third-order valence-electron chi connectivity index (χ3n) is 3.84. The lowest BCUT2D eigenvalue weighted by molar-refractivity contribution is -0.120. The first-order valence-corrected chi connectivity index (χ1v) is 6.69. The molecule has 4 nitrogen and oxygen atoms in total. The van der Waals surface area contributed by atoms with Gasteiger partial charge < -0.3 is 15.2 Å². The number of halogens is 1. The second kappa shape index (κ2) is 4.90. The standard InChI is InChI=1S/C15H16FNO3/c16-12-2-3-13-10(7-12)6-11(8-20-13)14(18)17-9-15(19)4-1-5-15/h2-3,6-7,19H,1,4-5,8-9H2,(H,17,18). The predicted molar refractivity (Wildman–Crippen MR) is 71.7 cm³/mol. The summed E-state index contributed by atoms with van der Waals surface area (Å²) >= 11 is 0. The van der Waals surface area contributed by atoms with Crippen LogP contribution < -0.4 is 10.1 Å². The van der Waals surface area contributed by atoms with Crippen LogP contribution in [0.3, 0.4) is 0 Å². The number of carbonyl (C=O) groups is 1. The minimum absolute atomic E-state index is 0.156. The molecule has 106 valence electrons. The molecule has 1 saturated carbocycles. The summed E-state index contributed by atoms with van der Waals surface area (Å²) in [6, 6.07) is 4.21. The fourth-order valence-corrected chi connectivity index (χ4v) is 2.40. The molecule has 5 heteroatoms. The summed E-state index contributed by atoms with van der Waals surface area (Å²) in [6.07, 6.45) is 4.06. The molecule has 3 rings (SSSR count). The molecule has 2 aliphatic rings. The van der Waals surface area contributed by atoms with Gasteiger partial charge in [0.2, 0.25) is 0 Å². The van der Waals surface area contributed by atoms with E-state index in [4.69, 9.17) is 4.74 Å².